The topological polar surface area (TPSA) is 404 Å². The number of Topliss-reactive ketones (excluding diaryl/α,β-unsaturated/α-hetero) is 15. The molecule has 858 valence electrons. The summed E-state index contributed by atoms with van der Waals surface area (Å²) in [5, 5.41) is 17.4. The first-order valence-corrected chi connectivity index (χ1v) is 53.3. The molecule has 0 aromatic carbocycles. The summed E-state index contributed by atoms with van der Waals surface area (Å²) in [6, 6.07) is 0. The number of nitrogens with one attached hydrogen (secondary N) is 3. The van der Waals surface area contributed by atoms with E-state index in [1.807, 2.05) is 332 Å². The second-order valence-electron chi connectivity index (χ2n) is 54.7. The van der Waals surface area contributed by atoms with Crippen molar-refractivity contribution in [1.82, 2.24) is 25.8 Å². The molecule has 3 atom stereocenters. The smallest absolute Gasteiger partial charge is 0.228 e. The lowest BCUT2D eigenvalue weighted by Gasteiger charge is -2.25. The van der Waals surface area contributed by atoms with E-state index in [0.717, 1.165) is 19.3 Å². The summed E-state index contributed by atoms with van der Waals surface area (Å²) in [5.74, 6) is 1.98. The highest BCUT2D eigenvalue weighted by Crippen LogP contribution is 2.29. The fourth-order valence-electron chi connectivity index (χ4n) is 10.7. The summed E-state index contributed by atoms with van der Waals surface area (Å²) in [6.07, 6.45) is 4.63. The van der Waals surface area contributed by atoms with Gasteiger partial charge in [0.15, 0.2) is 28.9 Å². The van der Waals surface area contributed by atoms with E-state index in [4.69, 9.17) is 0 Å². The van der Waals surface area contributed by atoms with Gasteiger partial charge in [-0.05, 0) is 24.7 Å². The Morgan fingerprint density at radius 2 is 0.568 bits per heavy atom. The summed E-state index contributed by atoms with van der Waals surface area (Å²) in [7, 11) is 3.35. The van der Waals surface area contributed by atoms with E-state index < -0.39 is 22.3 Å². The normalized spacial score (nSPS) is 12.5. The van der Waals surface area contributed by atoms with Crippen LogP contribution < -0.4 is 16.0 Å². The van der Waals surface area contributed by atoms with Crippen molar-refractivity contribution >= 4 is 116 Å². The summed E-state index contributed by atoms with van der Waals surface area (Å²) in [6.45, 7) is 110. The molecule has 0 heterocycles. The minimum atomic E-state index is -1.14. The zero-order chi connectivity index (χ0) is 120. The molecule has 0 saturated carbocycles. The van der Waals surface area contributed by atoms with Gasteiger partial charge in [-0.15, -0.1) is 0 Å². The number of carbonyl (C=O) groups excluding carboxylic acids is 20. The number of amides is 5. The quantitative estimate of drug-likeness (QED) is 0.0449. The van der Waals surface area contributed by atoms with Crippen molar-refractivity contribution in [3.05, 3.63) is 0 Å². The molecule has 0 aliphatic heterocycles. The number of likely N-dealkylation sites (N-methyl/N-ethyl adjacent to an activating group) is 2. The highest BCUT2D eigenvalue weighted by molar-refractivity contribution is 5.96. The van der Waals surface area contributed by atoms with Crippen LogP contribution in [0.15, 0.2) is 0 Å². The van der Waals surface area contributed by atoms with Crippen LogP contribution in [0.3, 0.4) is 0 Å². The van der Waals surface area contributed by atoms with Crippen molar-refractivity contribution in [3.8, 4) is 0 Å². The molecule has 3 unspecified atom stereocenters. The highest BCUT2D eigenvalue weighted by Gasteiger charge is 2.35. The number of hydrogen-bond acceptors (Lipinski definition) is 21. The van der Waals surface area contributed by atoms with Gasteiger partial charge in [0, 0.05) is 196 Å². The Labute approximate surface area is 892 Å². The van der Waals surface area contributed by atoms with E-state index >= 15 is 0 Å². The van der Waals surface area contributed by atoms with Crippen LogP contribution >= 0.6 is 0 Å². The molecule has 0 aliphatic carbocycles. The SMILES string of the molecule is CC(C)(C)C(=O)CCCC(=O)C(C)(C)C.CC(C)(C)C(=O)CCNC(=O)C(C)(C)C.CC(C)C(=O)C(C)C.CC(C)C(=O)C(C)CC(=O)C(C)(C)C.CC(C)C(=O)C(O)CC(=O)C(C)(C)C.CC(C)C(=O)CC(C)C(=O)C(C)(C)C.CC(C)C(=O)CCCC(C)(C)C.CC(C)C(=O)CN(C)C(=O)C(C)(C)C.CC(C)C(=O)CNC(=O)C(C)(C)C.CC(C)C(=O)N(C)CC(=O)C(C)(C)C.CC(C)C(=O)NCC(=O)C(C)(C)C. The van der Waals surface area contributed by atoms with Crippen LogP contribution in [0.4, 0.5) is 0 Å². The zero-order valence-electron chi connectivity index (χ0n) is 105. The molecule has 5 amide bonds. The van der Waals surface area contributed by atoms with Crippen molar-refractivity contribution < 1.29 is 101 Å². The first-order chi connectivity index (χ1) is 64.3. The van der Waals surface area contributed by atoms with Gasteiger partial charge in [0.1, 0.15) is 63.9 Å². The molecule has 0 saturated heterocycles. The minimum absolute atomic E-state index is 0.00602. The molecule has 0 aromatic heterocycles. The van der Waals surface area contributed by atoms with Gasteiger partial charge in [0.05, 0.1) is 26.2 Å². The molecule has 26 heteroatoms. The Hall–Kier alpha value is -7.64. The Kier molecular flexibility index (Phi) is 80.2. The van der Waals surface area contributed by atoms with Crippen LogP contribution in [-0.2, 0) is 95.9 Å². The third kappa shape index (κ3) is 89.2. The van der Waals surface area contributed by atoms with Gasteiger partial charge in [-0.2, -0.15) is 0 Å². The molecule has 0 radical (unpaired) electrons. The maximum Gasteiger partial charge on any atom is 0.228 e. The number of ketones is 15. The summed E-state index contributed by atoms with van der Waals surface area (Å²) < 4.78 is 0. The van der Waals surface area contributed by atoms with Gasteiger partial charge in [0.25, 0.3) is 0 Å². The van der Waals surface area contributed by atoms with Crippen LogP contribution in [0.5, 0.6) is 0 Å². The fraction of sp³-hybridized carbons (Fsp3) is 0.833. The fourth-order valence-corrected chi connectivity index (χ4v) is 10.7. The van der Waals surface area contributed by atoms with Gasteiger partial charge >= 0.3 is 0 Å². The number of carbonyl (C=O) groups is 20. The van der Waals surface area contributed by atoms with Crippen molar-refractivity contribution in [2.45, 2.75) is 472 Å². The molecule has 0 rings (SSSR count). The molecule has 4 N–H and O–H groups in total. The summed E-state index contributed by atoms with van der Waals surface area (Å²) >= 11 is 0. The lowest BCUT2D eigenvalue weighted by Crippen LogP contribution is -2.40. The van der Waals surface area contributed by atoms with E-state index in [1.54, 1.807) is 62.6 Å². The van der Waals surface area contributed by atoms with Crippen LogP contribution in [0.2, 0.25) is 0 Å². The summed E-state index contributed by atoms with van der Waals surface area (Å²) in [4.78, 5) is 232. The van der Waals surface area contributed by atoms with E-state index in [0.29, 0.717) is 62.1 Å². The second kappa shape index (κ2) is 72.8. The van der Waals surface area contributed by atoms with Crippen LogP contribution in [0.25, 0.3) is 0 Å². The van der Waals surface area contributed by atoms with E-state index in [-0.39, 0.29) is 252 Å². The monoisotopic (exact) mass is 2070 g/mol. The molecule has 26 nitrogen and oxygen atoms in total. The molecule has 0 spiro atoms. The number of aliphatic hydroxyl groups is 1. The average Bonchev–Trinajstić information content (AvgIpc) is 0.878. The Balaban J connectivity index is -0.000000153. The predicted molar refractivity (Wildman–Crippen MR) is 602 cm³/mol. The molecular formula is C120H227N5O21. The van der Waals surface area contributed by atoms with E-state index in [9.17, 15) is 101 Å². The number of hydrogen-bond donors (Lipinski definition) is 4. The van der Waals surface area contributed by atoms with Crippen LogP contribution in [-0.4, -0.2) is 184 Å². The van der Waals surface area contributed by atoms with Gasteiger partial charge < -0.3 is 30.9 Å². The van der Waals surface area contributed by atoms with Crippen LogP contribution in [0.1, 0.15) is 466 Å². The molecular weight excluding hydrogens is 1850 g/mol. The van der Waals surface area contributed by atoms with Gasteiger partial charge in [0.2, 0.25) is 29.5 Å². The lowest BCUT2D eigenvalue weighted by atomic mass is 9.81. The highest BCUT2D eigenvalue weighted by atomic mass is 16.3. The molecule has 146 heavy (non-hydrogen) atoms. The molecule has 0 aromatic rings. The molecule has 0 bridgehead atoms. The standard InChI is InChI=1S/C13H24O2.C12H23NO2.2C12H22O2.2C11H21NO2.C11H20O3.C11H22O.2C10H19NO2.C7H14O/c1-12(2,3)10(14)8-7-9-11(15)13(4,5)6;1-11(2,3)9(14)7-8-13-10(15)12(4,5)6;1-8(2)11(14)9(3)7-10(13)12(4,5)6;1-8(2)10(13)7-9(3)11(14)12(4,5)6;1-8(2)10(14)12(6)7-9(13)11(3,4)5;1-8(2)9(13)7-12(6)10(14)11(3,4)5;1-7(2)10(14)8(12)6-9(13)11(3,4)5;1-9(2)10(12)7-6-8-11(3,4)5;1-7(2)9(13)11-6-8(12)10(3,4)5;1-7(2)8(12)6-11-9(13)10(3,4)5;1-5(2)7(8)6(3)4/h7-9H2,1-6H3;7-8H2,1-6H3,(H,13,15);2*8-9H,7H2,1-6H3;2*8H,7H2,1-6H3;7-8,12H,6H2,1-5H3;9H,6-8H2,1-5H3;2*7H,6H2,1-5H3,(H,11,13);5-6H,1-4H3. The van der Waals surface area contributed by atoms with Crippen molar-refractivity contribution in [2.75, 3.05) is 46.8 Å². The number of aliphatic hydroxyl groups excluding tert-OH is 1. The second-order valence-corrected chi connectivity index (χ2v) is 54.7. The number of rotatable bonds is 37. The first kappa shape index (κ1) is 161. The predicted octanol–water partition coefficient (Wildman–Crippen LogP) is 24.3. The lowest BCUT2D eigenvalue weighted by molar-refractivity contribution is -0.141. The Bertz CT molecular complexity index is 3650. The molecule has 0 aliphatic rings. The summed E-state index contributed by atoms with van der Waals surface area (Å²) in [5.41, 5.74) is -3.59. The van der Waals surface area contributed by atoms with E-state index in [1.165, 1.54) is 9.80 Å². The molecule has 0 fully saturated rings. The van der Waals surface area contributed by atoms with Crippen molar-refractivity contribution in [3.63, 3.8) is 0 Å². The zero-order valence-corrected chi connectivity index (χ0v) is 105. The Morgan fingerprint density at radius 1 is 0.247 bits per heavy atom. The third-order valence-corrected chi connectivity index (χ3v) is 22.2. The maximum absolute atomic E-state index is 11.8. The third-order valence-electron chi connectivity index (χ3n) is 22.2. The Morgan fingerprint density at radius 3 is 0.842 bits per heavy atom. The van der Waals surface area contributed by atoms with Crippen LogP contribution in [0, 0.1) is 136 Å². The van der Waals surface area contributed by atoms with Gasteiger partial charge in [-0.1, -0.05) is 402 Å². The maximum atomic E-state index is 11.8. The largest absolute Gasteiger partial charge is 0.385 e. The van der Waals surface area contributed by atoms with Gasteiger partial charge in [-0.25, -0.2) is 0 Å². The minimum Gasteiger partial charge on any atom is -0.385 e. The van der Waals surface area contributed by atoms with Crippen molar-refractivity contribution in [1.29, 1.82) is 0 Å². The van der Waals surface area contributed by atoms with E-state index in [2.05, 4.69) is 36.7 Å². The first-order valence-electron chi connectivity index (χ1n) is 53.3. The average molecular weight is 2080 g/mol. The van der Waals surface area contributed by atoms with Crippen molar-refractivity contribution in [2.24, 2.45) is 136 Å². The van der Waals surface area contributed by atoms with Gasteiger partial charge in [-0.3, -0.25) is 95.9 Å². The number of nitrogens with zero attached hydrogens (tertiary/aromatic N) is 2.